The van der Waals surface area contributed by atoms with Crippen LogP contribution in [0.4, 0.5) is 0 Å². The maximum absolute atomic E-state index is 9.72. The molecule has 2 unspecified atom stereocenters. The molecule has 1 aliphatic rings. The lowest BCUT2D eigenvalue weighted by atomic mass is 10.0. The molecular weight excluding hydrogens is 224 g/mol. The number of benzene rings is 1. The van der Waals surface area contributed by atoms with Crippen molar-refractivity contribution >= 4 is 0 Å². The van der Waals surface area contributed by atoms with Gasteiger partial charge in [0, 0.05) is 32.1 Å². The summed E-state index contributed by atoms with van der Waals surface area (Å²) in [4.78, 5) is 0. The molecule has 18 heavy (non-hydrogen) atoms. The zero-order valence-electron chi connectivity index (χ0n) is 11.6. The summed E-state index contributed by atoms with van der Waals surface area (Å²) in [5.41, 5.74) is 5.40. The summed E-state index contributed by atoms with van der Waals surface area (Å²) in [6.07, 6.45) is -0.196. The summed E-state index contributed by atoms with van der Waals surface area (Å²) in [6, 6.07) is 4.51. The molecular formula is C15H24N2O. The van der Waals surface area contributed by atoms with Gasteiger partial charge in [0.2, 0.25) is 0 Å². The van der Waals surface area contributed by atoms with Crippen LogP contribution in [-0.2, 0) is 6.54 Å². The summed E-state index contributed by atoms with van der Waals surface area (Å²) in [7, 11) is 0. The normalized spacial score (nSPS) is 23.6. The molecule has 0 bridgehead atoms. The Kier molecular flexibility index (Phi) is 4.38. The van der Waals surface area contributed by atoms with E-state index in [4.69, 9.17) is 0 Å². The molecule has 3 nitrogen and oxygen atoms in total. The number of nitrogens with one attached hydrogen (secondary N) is 2. The molecule has 1 aromatic rings. The van der Waals surface area contributed by atoms with Crippen molar-refractivity contribution in [2.75, 3.05) is 19.6 Å². The van der Waals surface area contributed by atoms with E-state index >= 15 is 0 Å². The molecule has 0 saturated carbocycles. The van der Waals surface area contributed by atoms with Crippen molar-refractivity contribution in [3.05, 3.63) is 34.4 Å². The zero-order valence-corrected chi connectivity index (χ0v) is 11.6. The molecule has 0 amide bonds. The highest BCUT2D eigenvalue weighted by molar-refractivity contribution is 5.36. The van der Waals surface area contributed by atoms with Crippen LogP contribution in [-0.4, -0.2) is 30.8 Å². The second kappa shape index (κ2) is 5.83. The van der Waals surface area contributed by atoms with E-state index in [9.17, 15) is 5.11 Å². The predicted octanol–water partition coefficient (Wildman–Crippen LogP) is 1.28. The second-order valence-electron chi connectivity index (χ2n) is 5.48. The monoisotopic (exact) mass is 248 g/mol. The number of aliphatic hydroxyl groups is 1. The molecule has 0 spiro atoms. The molecule has 0 aliphatic carbocycles. The van der Waals surface area contributed by atoms with Crippen LogP contribution in [0, 0.1) is 26.7 Å². The largest absolute Gasteiger partial charge is 0.391 e. The first kappa shape index (κ1) is 13.5. The van der Waals surface area contributed by atoms with Gasteiger partial charge in [0.15, 0.2) is 0 Å². The van der Waals surface area contributed by atoms with Crippen molar-refractivity contribution in [2.45, 2.75) is 33.4 Å². The van der Waals surface area contributed by atoms with Crippen LogP contribution in [0.3, 0.4) is 0 Å². The molecule has 2 atom stereocenters. The Bertz CT molecular complexity index is 417. The lowest BCUT2D eigenvalue weighted by Gasteiger charge is -2.15. The molecule has 1 saturated heterocycles. The smallest absolute Gasteiger partial charge is 0.0716 e. The summed E-state index contributed by atoms with van der Waals surface area (Å²) in [5, 5.41) is 16.4. The summed E-state index contributed by atoms with van der Waals surface area (Å²) in [5.74, 6) is 0.344. The number of β-amino-alcohol motifs (C(OH)–C–C–N with tert-alkyl or cyclic N) is 1. The van der Waals surface area contributed by atoms with Gasteiger partial charge in [-0.05, 0) is 43.0 Å². The van der Waals surface area contributed by atoms with E-state index in [2.05, 4.69) is 43.5 Å². The highest BCUT2D eigenvalue weighted by atomic mass is 16.3. The fourth-order valence-electron chi connectivity index (χ4n) is 2.53. The van der Waals surface area contributed by atoms with Crippen LogP contribution in [0.25, 0.3) is 0 Å². The van der Waals surface area contributed by atoms with E-state index in [0.717, 1.165) is 26.2 Å². The minimum absolute atomic E-state index is 0.196. The first-order valence-corrected chi connectivity index (χ1v) is 6.74. The molecule has 1 aliphatic heterocycles. The van der Waals surface area contributed by atoms with E-state index in [1.807, 2.05) is 0 Å². The number of hydrogen-bond acceptors (Lipinski definition) is 3. The predicted molar refractivity (Wildman–Crippen MR) is 74.7 cm³/mol. The van der Waals surface area contributed by atoms with Gasteiger partial charge in [-0.2, -0.15) is 0 Å². The topological polar surface area (TPSA) is 44.3 Å². The summed E-state index contributed by atoms with van der Waals surface area (Å²) < 4.78 is 0. The van der Waals surface area contributed by atoms with E-state index in [1.165, 1.54) is 22.3 Å². The first-order chi connectivity index (χ1) is 8.58. The van der Waals surface area contributed by atoms with Crippen LogP contribution in [0.1, 0.15) is 22.3 Å². The van der Waals surface area contributed by atoms with Gasteiger partial charge in [-0.3, -0.25) is 0 Å². The Labute approximate surface area is 110 Å². The fourth-order valence-corrected chi connectivity index (χ4v) is 2.53. The Hall–Kier alpha value is -0.900. The number of hydrogen-bond donors (Lipinski definition) is 3. The van der Waals surface area contributed by atoms with Crippen molar-refractivity contribution in [2.24, 2.45) is 5.92 Å². The summed E-state index contributed by atoms with van der Waals surface area (Å²) in [6.45, 7) is 9.88. The van der Waals surface area contributed by atoms with Crippen molar-refractivity contribution < 1.29 is 5.11 Å². The Morgan fingerprint density at radius 1 is 1.17 bits per heavy atom. The Morgan fingerprint density at radius 3 is 2.56 bits per heavy atom. The number of aliphatic hydroxyl groups excluding tert-OH is 1. The maximum Gasteiger partial charge on any atom is 0.0716 e. The van der Waals surface area contributed by atoms with E-state index in [0.29, 0.717) is 5.92 Å². The molecule has 1 heterocycles. The molecule has 1 fully saturated rings. The lowest BCUT2D eigenvalue weighted by Crippen LogP contribution is -2.30. The Balaban J connectivity index is 1.88. The van der Waals surface area contributed by atoms with Crippen molar-refractivity contribution in [1.29, 1.82) is 0 Å². The van der Waals surface area contributed by atoms with Crippen LogP contribution >= 0.6 is 0 Å². The standard InChI is InChI=1S/C15H24N2O/c1-10-4-12(3)13(5-11(10)2)6-16-7-14-8-17-9-15(14)18/h4-5,14-18H,6-9H2,1-3H3. The lowest BCUT2D eigenvalue weighted by molar-refractivity contribution is 0.146. The van der Waals surface area contributed by atoms with Gasteiger partial charge in [0.05, 0.1) is 6.10 Å². The second-order valence-corrected chi connectivity index (χ2v) is 5.48. The van der Waals surface area contributed by atoms with Gasteiger partial charge < -0.3 is 15.7 Å². The van der Waals surface area contributed by atoms with Gasteiger partial charge in [-0.25, -0.2) is 0 Å². The minimum Gasteiger partial charge on any atom is -0.391 e. The number of aryl methyl sites for hydroxylation is 3. The van der Waals surface area contributed by atoms with Gasteiger partial charge in [-0.1, -0.05) is 12.1 Å². The fraction of sp³-hybridized carbons (Fsp3) is 0.600. The molecule has 1 aromatic carbocycles. The zero-order chi connectivity index (χ0) is 13.1. The first-order valence-electron chi connectivity index (χ1n) is 6.74. The third-order valence-corrected chi connectivity index (χ3v) is 3.98. The maximum atomic E-state index is 9.72. The van der Waals surface area contributed by atoms with Crippen LogP contribution in [0.15, 0.2) is 12.1 Å². The number of rotatable bonds is 4. The highest BCUT2D eigenvalue weighted by Gasteiger charge is 2.24. The van der Waals surface area contributed by atoms with Crippen molar-refractivity contribution in [1.82, 2.24) is 10.6 Å². The van der Waals surface area contributed by atoms with E-state index in [1.54, 1.807) is 0 Å². The van der Waals surface area contributed by atoms with Gasteiger partial charge in [0.25, 0.3) is 0 Å². The van der Waals surface area contributed by atoms with Crippen molar-refractivity contribution in [3.63, 3.8) is 0 Å². The molecule has 2 rings (SSSR count). The molecule has 3 N–H and O–H groups in total. The van der Waals surface area contributed by atoms with Crippen molar-refractivity contribution in [3.8, 4) is 0 Å². The third-order valence-electron chi connectivity index (χ3n) is 3.98. The highest BCUT2D eigenvalue weighted by Crippen LogP contribution is 2.15. The molecule has 0 radical (unpaired) electrons. The van der Waals surface area contributed by atoms with Crippen LogP contribution in [0.5, 0.6) is 0 Å². The molecule has 0 aromatic heterocycles. The van der Waals surface area contributed by atoms with Gasteiger partial charge in [0.1, 0.15) is 0 Å². The third kappa shape index (κ3) is 3.10. The van der Waals surface area contributed by atoms with Gasteiger partial charge in [-0.15, -0.1) is 0 Å². The van der Waals surface area contributed by atoms with Gasteiger partial charge >= 0.3 is 0 Å². The quantitative estimate of drug-likeness (QED) is 0.752. The average Bonchev–Trinajstić information content (AvgIpc) is 2.72. The average molecular weight is 248 g/mol. The molecule has 3 heteroatoms. The minimum atomic E-state index is -0.196. The van der Waals surface area contributed by atoms with Crippen LogP contribution < -0.4 is 10.6 Å². The Morgan fingerprint density at radius 2 is 1.89 bits per heavy atom. The molecule has 100 valence electrons. The van der Waals surface area contributed by atoms with E-state index < -0.39 is 0 Å². The van der Waals surface area contributed by atoms with Crippen LogP contribution in [0.2, 0.25) is 0 Å². The SMILES string of the molecule is Cc1cc(C)c(CNCC2CNCC2O)cc1C. The van der Waals surface area contributed by atoms with E-state index in [-0.39, 0.29) is 6.10 Å². The summed E-state index contributed by atoms with van der Waals surface area (Å²) >= 11 is 0.